The first-order chi connectivity index (χ1) is 11.6. The molecule has 0 saturated heterocycles. The lowest BCUT2D eigenvalue weighted by Crippen LogP contribution is -2.08. The van der Waals surface area contributed by atoms with E-state index in [1.807, 2.05) is 48.5 Å². The number of ketones is 2. The summed E-state index contributed by atoms with van der Waals surface area (Å²) in [5.41, 5.74) is 9.64. The van der Waals surface area contributed by atoms with Crippen molar-refractivity contribution < 1.29 is 9.59 Å². The summed E-state index contributed by atoms with van der Waals surface area (Å²) in [4.78, 5) is 24.8. The minimum absolute atomic E-state index is 0.127. The van der Waals surface area contributed by atoms with E-state index >= 15 is 0 Å². The van der Waals surface area contributed by atoms with Crippen LogP contribution in [-0.4, -0.2) is 11.6 Å². The highest BCUT2D eigenvalue weighted by atomic mass is 16.1. The standard InChI is InChI=1S/C21H17NO2/c1-14(23)19-12-9-17(15-7-10-18(22)11-8-15)13-20(19)21(24)16-5-3-2-4-6-16/h2-13H,22H2,1H3. The minimum atomic E-state index is -0.155. The summed E-state index contributed by atoms with van der Waals surface area (Å²) >= 11 is 0. The third kappa shape index (κ3) is 3.10. The monoisotopic (exact) mass is 315 g/mol. The van der Waals surface area contributed by atoms with Crippen molar-refractivity contribution in [3.63, 3.8) is 0 Å². The van der Waals surface area contributed by atoms with Gasteiger partial charge in [-0.2, -0.15) is 0 Å². The van der Waals surface area contributed by atoms with Crippen LogP contribution in [0.3, 0.4) is 0 Å². The zero-order valence-corrected chi connectivity index (χ0v) is 13.3. The van der Waals surface area contributed by atoms with Crippen LogP contribution in [0, 0.1) is 0 Å². The van der Waals surface area contributed by atoms with Gasteiger partial charge in [0.25, 0.3) is 0 Å². The first kappa shape index (κ1) is 15.7. The highest BCUT2D eigenvalue weighted by molar-refractivity contribution is 6.15. The Bertz CT molecular complexity index is 897. The fraction of sp³-hybridized carbons (Fsp3) is 0.0476. The van der Waals surface area contributed by atoms with Gasteiger partial charge in [0.1, 0.15) is 0 Å². The molecule has 3 aromatic rings. The van der Waals surface area contributed by atoms with E-state index in [2.05, 4.69) is 0 Å². The summed E-state index contributed by atoms with van der Waals surface area (Å²) in [6.45, 7) is 1.47. The van der Waals surface area contributed by atoms with Crippen LogP contribution in [0.2, 0.25) is 0 Å². The summed E-state index contributed by atoms with van der Waals surface area (Å²) in [5.74, 6) is -0.281. The van der Waals surface area contributed by atoms with Gasteiger partial charge in [-0.1, -0.05) is 54.6 Å². The number of nitrogens with two attached hydrogens (primary N) is 1. The topological polar surface area (TPSA) is 60.2 Å². The molecule has 3 rings (SSSR count). The van der Waals surface area contributed by atoms with Crippen LogP contribution >= 0.6 is 0 Å². The Morgan fingerprint density at radius 3 is 2.00 bits per heavy atom. The van der Waals surface area contributed by atoms with Gasteiger partial charge in [0.15, 0.2) is 11.6 Å². The number of carbonyl (C=O) groups is 2. The third-order valence-electron chi connectivity index (χ3n) is 3.92. The molecule has 0 aliphatic heterocycles. The highest BCUT2D eigenvalue weighted by Gasteiger charge is 2.17. The molecule has 0 bridgehead atoms. The molecule has 0 fully saturated rings. The number of anilines is 1. The Hall–Kier alpha value is -3.20. The van der Waals surface area contributed by atoms with Gasteiger partial charge in [-0.05, 0) is 36.2 Å². The van der Waals surface area contributed by atoms with Crippen molar-refractivity contribution in [2.24, 2.45) is 0 Å². The number of Topliss-reactive ketones (excluding diaryl/α,β-unsaturated/α-hetero) is 1. The van der Waals surface area contributed by atoms with Crippen molar-refractivity contribution >= 4 is 17.3 Å². The largest absolute Gasteiger partial charge is 0.399 e. The average molecular weight is 315 g/mol. The van der Waals surface area contributed by atoms with E-state index < -0.39 is 0 Å². The molecule has 0 atom stereocenters. The Morgan fingerprint density at radius 2 is 1.38 bits per heavy atom. The lowest BCUT2D eigenvalue weighted by molar-refractivity contribution is 0.0990. The number of hydrogen-bond donors (Lipinski definition) is 1. The van der Waals surface area contributed by atoms with Crippen LogP contribution in [0.1, 0.15) is 33.2 Å². The molecule has 118 valence electrons. The van der Waals surface area contributed by atoms with Gasteiger partial charge in [0, 0.05) is 22.4 Å². The zero-order chi connectivity index (χ0) is 17.1. The fourth-order valence-electron chi connectivity index (χ4n) is 2.64. The number of carbonyl (C=O) groups excluding carboxylic acids is 2. The van der Waals surface area contributed by atoms with Crippen molar-refractivity contribution in [3.8, 4) is 11.1 Å². The average Bonchev–Trinajstić information content (AvgIpc) is 2.62. The predicted octanol–water partition coefficient (Wildman–Crippen LogP) is 4.37. The van der Waals surface area contributed by atoms with Crippen molar-refractivity contribution in [2.45, 2.75) is 6.92 Å². The van der Waals surface area contributed by atoms with Gasteiger partial charge in [0.05, 0.1) is 0 Å². The third-order valence-corrected chi connectivity index (χ3v) is 3.92. The molecule has 3 aromatic carbocycles. The molecule has 0 saturated carbocycles. The summed E-state index contributed by atoms with van der Waals surface area (Å²) in [6.07, 6.45) is 0. The van der Waals surface area contributed by atoms with E-state index in [0.717, 1.165) is 11.1 Å². The van der Waals surface area contributed by atoms with E-state index in [0.29, 0.717) is 22.4 Å². The van der Waals surface area contributed by atoms with Crippen LogP contribution in [-0.2, 0) is 0 Å². The minimum Gasteiger partial charge on any atom is -0.399 e. The van der Waals surface area contributed by atoms with Crippen LogP contribution in [0.15, 0.2) is 72.8 Å². The van der Waals surface area contributed by atoms with Crippen molar-refractivity contribution in [2.75, 3.05) is 5.73 Å². The van der Waals surface area contributed by atoms with Crippen molar-refractivity contribution in [1.29, 1.82) is 0 Å². The van der Waals surface area contributed by atoms with E-state index in [4.69, 9.17) is 5.73 Å². The summed E-state index contributed by atoms with van der Waals surface area (Å²) < 4.78 is 0. The van der Waals surface area contributed by atoms with Crippen molar-refractivity contribution in [1.82, 2.24) is 0 Å². The molecule has 0 radical (unpaired) electrons. The number of rotatable bonds is 4. The number of nitrogen functional groups attached to an aromatic ring is 1. The summed E-state index contributed by atoms with van der Waals surface area (Å²) in [7, 11) is 0. The summed E-state index contributed by atoms with van der Waals surface area (Å²) in [5, 5.41) is 0. The molecule has 0 unspecified atom stereocenters. The zero-order valence-electron chi connectivity index (χ0n) is 13.3. The molecule has 0 amide bonds. The normalized spacial score (nSPS) is 10.4. The molecule has 0 aliphatic carbocycles. The van der Waals surface area contributed by atoms with Gasteiger partial charge in [-0.15, -0.1) is 0 Å². The molecule has 24 heavy (non-hydrogen) atoms. The molecule has 3 nitrogen and oxygen atoms in total. The molecule has 2 N–H and O–H groups in total. The lowest BCUT2D eigenvalue weighted by Gasteiger charge is -2.10. The van der Waals surface area contributed by atoms with E-state index in [9.17, 15) is 9.59 Å². The second kappa shape index (κ2) is 6.50. The van der Waals surface area contributed by atoms with Crippen LogP contribution in [0.25, 0.3) is 11.1 Å². The Kier molecular flexibility index (Phi) is 4.25. The number of benzene rings is 3. The van der Waals surface area contributed by atoms with Crippen molar-refractivity contribution in [3.05, 3.63) is 89.5 Å². The van der Waals surface area contributed by atoms with Gasteiger partial charge in [0.2, 0.25) is 0 Å². The van der Waals surface area contributed by atoms with E-state index in [1.165, 1.54) is 6.92 Å². The second-order valence-electron chi connectivity index (χ2n) is 5.63. The molecule has 0 aliphatic rings. The number of hydrogen-bond acceptors (Lipinski definition) is 3. The maximum atomic E-state index is 12.8. The molecule has 0 heterocycles. The van der Waals surface area contributed by atoms with Gasteiger partial charge in [-0.25, -0.2) is 0 Å². The SMILES string of the molecule is CC(=O)c1ccc(-c2ccc(N)cc2)cc1C(=O)c1ccccc1. The van der Waals surface area contributed by atoms with Crippen LogP contribution < -0.4 is 5.73 Å². The predicted molar refractivity (Wildman–Crippen MR) is 96.2 cm³/mol. The molecule has 0 spiro atoms. The van der Waals surface area contributed by atoms with Gasteiger partial charge < -0.3 is 5.73 Å². The molecular formula is C21H17NO2. The molecule has 0 aromatic heterocycles. The smallest absolute Gasteiger partial charge is 0.193 e. The highest BCUT2D eigenvalue weighted by Crippen LogP contribution is 2.25. The quantitative estimate of drug-likeness (QED) is 0.574. The Labute approximate surface area is 140 Å². The summed E-state index contributed by atoms with van der Waals surface area (Å²) in [6, 6.07) is 21.7. The fourth-order valence-corrected chi connectivity index (χ4v) is 2.64. The maximum absolute atomic E-state index is 12.8. The van der Waals surface area contributed by atoms with Gasteiger partial charge in [-0.3, -0.25) is 9.59 Å². The molecule has 3 heteroatoms. The first-order valence-electron chi connectivity index (χ1n) is 7.67. The Balaban J connectivity index is 2.12. The second-order valence-corrected chi connectivity index (χ2v) is 5.63. The molecular weight excluding hydrogens is 298 g/mol. The van der Waals surface area contributed by atoms with Crippen LogP contribution in [0.5, 0.6) is 0 Å². The first-order valence-corrected chi connectivity index (χ1v) is 7.67. The van der Waals surface area contributed by atoms with Gasteiger partial charge >= 0.3 is 0 Å². The van der Waals surface area contributed by atoms with E-state index in [-0.39, 0.29) is 11.6 Å². The van der Waals surface area contributed by atoms with Crippen LogP contribution in [0.4, 0.5) is 5.69 Å². The Morgan fingerprint density at radius 1 is 0.750 bits per heavy atom. The maximum Gasteiger partial charge on any atom is 0.193 e. The lowest BCUT2D eigenvalue weighted by atomic mass is 9.92. The van der Waals surface area contributed by atoms with E-state index in [1.54, 1.807) is 24.3 Å².